The Morgan fingerprint density at radius 1 is 0.762 bits per heavy atom. The number of hydrogen-bond donors (Lipinski definition) is 0. The Morgan fingerprint density at radius 3 is 1.43 bits per heavy atom. The van der Waals surface area contributed by atoms with Gasteiger partial charge in [-0.25, -0.2) is 0 Å². The zero-order valence-corrected chi connectivity index (χ0v) is 17.2. The molecule has 2 aliphatic rings. The van der Waals surface area contributed by atoms with E-state index in [0.717, 1.165) is 11.4 Å². The molecular formula is C14H12Cl4N2Sn-2. The van der Waals surface area contributed by atoms with Crippen LogP contribution in [0.4, 0.5) is 11.4 Å². The summed E-state index contributed by atoms with van der Waals surface area (Å²) >= 11 is -3.29. The van der Waals surface area contributed by atoms with Crippen molar-refractivity contribution in [3.05, 3.63) is 57.8 Å². The van der Waals surface area contributed by atoms with E-state index in [1.165, 1.54) is 21.6 Å². The van der Waals surface area contributed by atoms with E-state index in [1.807, 2.05) is 24.6 Å². The van der Waals surface area contributed by atoms with Gasteiger partial charge in [-0.05, 0) is 35.4 Å². The Hall–Kier alpha value is -0.00130. The molecule has 2 heterocycles. The van der Waals surface area contributed by atoms with Crippen LogP contribution < -0.4 is 10.4 Å². The minimum atomic E-state index is -3.29. The van der Waals surface area contributed by atoms with E-state index < -0.39 is 13.9 Å². The first kappa shape index (κ1) is 17.4. The average Bonchev–Trinajstić information content (AvgIpc) is 2.37. The number of hydrogen-bond acceptors (Lipinski definition) is 0. The molecule has 0 N–H and O–H groups in total. The fourth-order valence-corrected chi connectivity index (χ4v) is 2.10. The molecule has 0 amide bonds. The second-order valence-electron chi connectivity index (χ2n) is 4.54. The molecule has 0 spiro atoms. The SMILES string of the molecule is CC1=c2ccc3c(c2[N-]C=C1)[N-]C=CC=3C.[Cl][Sn]([Cl])([Cl])[Cl]. The average molecular weight is 469 g/mol. The summed E-state index contributed by atoms with van der Waals surface area (Å²) in [6.45, 7) is 4.21. The van der Waals surface area contributed by atoms with Crippen LogP contribution in [-0.4, -0.2) is 13.9 Å². The summed E-state index contributed by atoms with van der Waals surface area (Å²) < 4.78 is 0. The molecule has 0 saturated carbocycles. The number of rotatable bonds is 0. The van der Waals surface area contributed by atoms with Crippen molar-refractivity contribution in [2.45, 2.75) is 13.8 Å². The summed E-state index contributed by atoms with van der Waals surface area (Å²) in [5.41, 5.74) is 4.49. The van der Waals surface area contributed by atoms with Gasteiger partial charge < -0.3 is 10.6 Å². The summed E-state index contributed by atoms with van der Waals surface area (Å²) in [7, 11) is 20.1. The second kappa shape index (κ2) is 7.05. The Morgan fingerprint density at radius 2 is 1.10 bits per heavy atom. The van der Waals surface area contributed by atoms with Crippen molar-refractivity contribution in [1.29, 1.82) is 0 Å². The first-order valence-electron chi connectivity index (χ1n) is 6.12. The Labute approximate surface area is 142 Å². The molecule has 0 aliphatic carbocycles. The van der Waals surface area contributed by atoms with Crippen molar-refractivity contribution in [1.82, 2.24) is 0 Å². The summed E-state index contributed by atoms with van der Waals surface area (Å²) in [5.74, 6) is 0. The maximum atomic E-state index is 5.04. The minimum absolute atomic E-state index is 1.00. The van der Waals surface area contributed by atoms with Crippen molar-refractivity contribution < 1.29 is 0 Å². The summed E-state index contributed by atoms with van der Waals surface area (Å²) in [5, 5.41) is 11.3. The third kappa shape index (κ3) is 4.73. The molecule has 0 unspecified atom stereocenters. The molecular weight excluding hydrogens is 457 g/mol. The number of nitrogens with zero attached hydrogens (tertiary/aromatic N) is 2. The summed E-state index contributed by atoms with van der Waals surface area (Å²) in [6, 6.07) is 4.27. The van der Waals surface area contributed by atoms with Gasteiger partial charge in [0, 0.05) is 0 Å². The van der Waals surface area contributed by atoms with E-state index in [1.54, 1.807) is 0 Å². The maximum absolute atomic E-state index is 5.04. The van der Waals surface area contributed by atoms with Crippen LogP contribution in [0.2, 0.25) is 0 Å². The molecule has 1 aromatic carbocycles. The van der Waals surface area contributed by atoms with Gasteiger partial charge in [0.2, 0.25) is 0 Å². The van der Waals surface area contributed by atoms with E-state index >= 15 is 0 Å². The van der Waals surface area contributed by atoms with E-state index in [0.29, 0.717) is 0 Å². The molecule has 0 atom stereocenters. The van der Waals surface area contributed by atoms with E-state index in [9.17, 15) is 0 Å². The number of allylic oxidation sites excluding steroid dienone is 2. The van der Waals surface area contributed by atoms with Crippen LogP contribution >= 0.6 is 35.7 Å². The molecule has 0 saturated heterocycles. The number of halogens is 4. The molecule has 0 bridgehead atoms. The molecule has 3 rings (SSSR count). The summed E-state index contributed by atoms with van der Waals surface area (Å²) in [6.07, 6.45) is 7.76. The molecule has 21 heavy (non-hydrogen) atoms. The molecule has 7 heteroatoms. The predicted octanol–water partition coefficient (Wildman–Crippen LogP) is 5.47. The Balaban J connectivity index is 0.000000282. The fourth-order valence-electron chi connectivity index (χ4n) is 2.10. The second-order valence-corrected chi connectivity index (χ2v) is 30.0. The van der Waals surface area contributed by atoms with Gasteiger partial charge in [0.25, 0.3) is 0 Å². The zero-order valence-electron chi connectivity index (χ0n) is 11.4. The zero-order chi connectivity index (χ0) is 15.6. The van der Waals surface area contributed by atoms with E-state index in [2.05, 4.69) is 36.6 Å². The topological polar surface area (TPSA) is 28.2 Å². The van der Waals surface area contributed by atoms with E-state index in [-0.39, 0.29) is 0 Å². The van der Waals surface area contributed by atoms with Crippen LogP contribution in [0.1, 0.15) is 13.8 Å². The molecule has 1 aromatic rings. The van der Waals surface area contributed by atoms with Gasteiger partial charge in [-0.15, -0.1) is 11.4 Å². The van der Waals surface area contributed by atoms with Crippen LogP contribution in [0, 0.1) is 0 Å². The van der Waals surface area contributed by atoms with Gasteiger partial charge in [-0.2, -0.15) is 12.4 Å². The quantitative estimate of drug-likeness (QED) is 0.452. The molecule has 0 aromatic heterocycles. The van der Waals surface area contributed by atoms with Crippen LogP contribution in [-0.2, 0) is 0 Å². The normalized spacial score (nSPS) is 15.3. The van der Waals surface area contributed by atoms with Crippen LogP contribution in [0.25, 0.3) is 21.8 Å². The summed E-state index contributed by atoms with van der Waals surface area (Å²) in [4.78, 5) is 0. The van der Waals surface area contributed by atoms with Crippen molar-refractivity contribution in [3.8, 4) is 0 Å². The number of fused-ring (bicyclic) bond motifs is 3. The van der Waals surface area contributed by atoms with Crippen LogP contribution in [0.3, 0.4) is 0 Å². The Kier molecular flexibility index (Phi) is 5.83. The third-order valence-corrected chi connectivity index (χ3v) is 3.06. The van der Waals surface area contributed by atoms with Gasteiger partial charge in [-0.3, -0.25) is 0 Å². The first-order valence-corrected chi connectivity index (χ1v) is 20.6. The molecule has 112 valence electrons. The fraction of sp³-hybridized carbons (Fsp3) is 0.143. The van der Waals surface area contributed by atoms with Gasteiger partial charge in [0.15, 0.2) is 0 Å². The van der Waals surface area contributed by atoms with E-state index in [4.69, 9.17) is 35.7 Å². The third-order valence-electron chi connectivity index (χ3n) is 3.06. The molecule has 2 aliphatic heterocycles. The monoisotopic (exact) mass is 468 g/mol. The molecule has 0 radical (unpaired) electrons. The molecule has 0 fully saturated rings. The van der Waals surface area contributed by atoms with Crippen molar-refractivity contribution >= 4 is 72.1 Å². The van der Waals surface area contributed by atoms with Crippen LogP contribution in [0.15, 0.2) is 36.7 Å². The predicted molar refractivity (Wildman–Crippen MR) is 97.3 cm³/mol. The van der Waals surface area contributed by atoms with Gasteiger partial charge >= 0.3 is 49.6 Å². The van der Waals surface area contributed by atoms with Crippen molar-refractivity contribution in [2.75, 3.05) is 0 Å². The number of benzene rings is 1. The van der Waals surface area contributed by atoms with Crippen LogP contribution in [0.5, 0.6) is 0 Å². The van der Waals surface area contributed by atoms with Crippen molar-refractivity contribution in [3.63, 3.8) is 0 Å². The molecule has 2 nitrogen and oxygen atoms in total. The van der Waals surface area contributed by atoms with Gasteiger partial charge in [-0.1, -0.05) is 24.3 Å². The van der Waals surface area contributed by atoms with Gasteiger partial charge in [0.05, 0.1) is 0 Å². The Bertz CT molecular complexity index is 670. The first-order chi connectivity index (χ1) is 9.77. The standard InChI is InChI=1S/C14H12N2.4ClH.Sn/c1-9-5-7-15-13-11(9)3-4-12-10(2)6-8-16-14(12)13;;;;;/h3-8H,1-2H3;4*1H;/q-2;;;;;+4/p-4. The van der Waals surface area contributed by atoms with Crippen molar-refractivity contribution in [2.24, 2.45) is 0 Å². The van der Waals surface area contributed by atoms with Gasteiger partial charge in [0.1, 0.15) is 0 Å².